The van der Waals surface area contributed by atoms with Gasteiger partial charge in [-0.2, -0.15) is 0 Å². The molecule has 1 radical (unpaired) electrons. The fourth-order valence-corrected chi connectivity index (χ4v) is 1.37. The molecule has 0 amide bonds. The number of hydrogen-bond donors (Lipinski definition) is 0. The van der Waals surface area contributed by atoms with E-state index in [2.05, 4.69) is 32.1 Å². The van der Waals surface area contributed by atoms with Crippen LogP contribution in [0.1, 0.15) is 52.9 Å². The third-order valence-electron chi connectivity index (χ3n) is 2.33. The molecule has 0 saturated heterocycles. The highest BCUT2D eigenvalue weighted by Gasteiger charge is 2.01. The van der Waals surface area contributed by atoms with Gasteiger partial charge in [-0.25, -0.2) is 0 Å². The van der Waals surface area contributed by atoms with Crippen molar-refractivity contribution in [2.75, 3.05) is 19.6 Å². The summed E-state index contributed by atoms with van der Waals surface area (Å²) < 4.78 is 0. The zero-order chi connectivity index (χ0) is 9.94. The lowest BCUT2D eigenvalue weighted by molar-refractivity contribution is 0.283. The zero-order valence-electron chi connectivity index (χ0n) is 9.68. The summed E-state index contributed by atoms with van der Waals surface area (Å²) in [7, 11) is 0. The summed E-state index contributed by atoms with van der Waals surface area (Å²) >= 11 is 0. The van der Waals surface area contributed by atoms with Crippen LogP contribution in [0.5, 0.6) is 0 Å². The second-order valence-corrected chi connectivity index (χ2v) is 3.70. The highest BCUT2D eigenvalue weighted by Crippen LogP contribution is 2.00. The van der Waals surface area contributed by atoms with Gasteiger partial charge in [0.15, 0.2) is 0 Å². The summed E-state index contributed by atoms with van der Waals surface area (Å²) in [6.07, 6.45) is 8.91. The van der Waals surface area contributed by atoms with Crippen LogP contribution in [0.4, 0.5) is 0 Å². The Balaban J connectivity index is 3.47. The Bertz CT molecular complexity index is 72.1. The van der Waals surface area contributed by atoms with E-state index in [-0.39, 0.29) is 0 Å². The molecule has 0 aromatic rings. The molecule has 0 spiro atoms. The predicted molar refractivity (Wildman–Crippen MR) is 60.8 cm³/mol. The Labute approximate surface area is 84.5 Å². The Morgan fingerprint density at radius 3 is 1.85 bits per heavy atom. The van der Waals surface area contributed by atoms with Crippen molar-refractivity contribution in [1.29, 1.82) is 0 Å². The second kappa shape index (κ2) is 10.0. The van der Waals surface area contributed by atoms with Crippen LogP contribution in [0, 0.1) is 6.42 Å². The summed E-state index contributed by atoms with van der Waals surface area (Å²) in [5.41, 5.74) is 0. The first kappa shape index (κ1) is 13.0. The SMILES string of the molecule is CC[CH]CN(CCCC)CCCC. The van der Waals surface area contributed by atoms with Gasteiger partial charge in [-0.3, -0.25) is 0 Å². The van der Waals surface area contributed by atoms with Crippen LogP contribution >= 0.6 is 0 Å². The third kappa shape index (κ3) is 8.29. The predicted octanol–water partition coefficient (Wildman–Crippen LogP) is 3.50. The van der Waals surface area contributed by atoms with Crippen molar-refractivity contribution < 1.29 is 0 Å². The molecule has 0 heterocycles. The molecule has 0 aromatic heterocycles. The maximum atomic E-state index is 2.58. The lowest BCUT2D eigenvalue weighted by Gasteiger charge is -2.21. The molecule has 0 atom stereocenters. The first-order valence-electron chi connectivity index (χ1n) is 5.89. The standard InChI is InChI=1S/C12H26N/c1-4-7-10-13(11-8-5-2)12-9-6-3/h7H,4-6,8-12H2,1-3H3. The van der Waals surface area contributed by atoms with Crippen molar-refractivity contribution >= 4 is 0 Å². The lowest BCUT2D eigenvalue weighted by Crippen LogP contribution is -2.27. The van der Waals surface area contributed by atoms with E-state index in [0.29, 0.717) is 0 Å². The van der Waals surface area contributed by atoms with Gasteiger partial charge in [0, 0.05) is 6.54 Å². The van der Waals surface area contributed by atoms with Gasteiger partial charge in [-0.05, 0) is 32.4 Å². The van der Waals surface area contributed by atoms with E-state index >= 15 is 0 Å². The van der Waals surface area contributed by atoms with Gasteiger partial charge in [0.05, 0.1) is 0 Å². The summed E-state index contributed by atoms with van der Waals surface area (Å²) in [5.74, 6) is 0. The van der Waals surface area contributed by atoms with E-state index in [4.69, 9.17) is 0 Å². The normalized spacial score (nSPS) is 11.1. The van der Waals surface area contributed by atoms with Crippen molar-refractivity contribution in [1.82, 2.24) is 4.90 Å². The summed E-state index contributed by atoms with van der Waals surface area (Å²) in [6, 6.07) is 0. The van der Waals surface area contributed by atoms with Crippen LogP contribution in [-0.4, -0.2) is 24.5 Å². The zero-order valence-corrected chi connectivity index (χ0v) is 9.68. The highest BCUT2D eigenvalue weighted by atomic mass is 15.1. The Morgan fingerprint density at radius 2 is 1.46 bits per heavy atom. The average Bonchev–Trinajstić information content (AvgIpc) is 2.17. The van der Waals surface area contributed by atoms with Gasteiger partial charge in [-0.15, -0.1) is 0 Å². The topological polar surface area (TPSA) is 3.24 Å². The molecule has 0 aliphatic carbocycles. The maximum Gasteiger partial charge on any atom is 0.00127 e. The van der Waals surface area contributed by atoms with Crippen molar-refractivity contribution in [2.45, 2.75) is 52.9 Å². The second-order valence-electron chi connectivity index (χ2n) is 3.70. The molecule has 13 heavy (non-hydrogen) atoms. The monoisotopic (exact) mass is 184 g/mol. The molecule has 0 unspecified atom stereocenters. The molecule has 0 aromatic carbocycles. The highest BCUT2D eigenvalue weighted by molar-refractivity contribution is 4.69. The van der Waals surface area contributed by atoms with Crippen LogP contribution in [-0.2, 0) is 0 Å². The molecule has 1 nitrogen and oxygen atoms in total. The fourth-order valence-electron chi connectivity index (χ4n) is 1.37. The van der Waals surface area contributed by atoms with Gasteiger partial charge in [0.25, 0.3) is 0 Å². The van der Waals surface area contributed by atoms with Crippen molar-refractivity contribution in [2.24, 2.45) is 0 Å². The smallest absolute Gasteiger partial charge is 0.00127 e. The molecule has 0 bridgehead atoms. The minimum absolute atomic E-state index is 1.19. The molecule has 0 N–H and O–H groups in total. The van der Waals surface area contributed by atoms with E-state index < -0.39 is 0 Å². The molecule has 0 rings (SSSR count). The van der Waals surface area contributed by atoms with Crippen molar-refractivity contribution in [3.63, 3.8) is 0 Å². The molecule has 0 saturated carbocycles. The molecular weight excluding hydrogens is 158 g/mol. The quantitative estimate of drug-likeness (QED) is 0.530. The van der Waals surface area contributed by atoms with Gasteiger partial charge in [0.1, 0.15) is 0 Å². The number of hydrogen-bond acceptors (Lipinski definition) is 1. The molecule has 0 fully saturated rings. The Morgan fingerprint density at radius 1 is 0.923 bits per heavy atom. The van der Waals surface area contributed by atoms with Gasteiger partial charge >= 0.3 is 0 Å². The molecule has 0 aliphatic heterocycles. The molecular formula is C12H26N. The number of nitrogens with zero attached hydrogens (tertiary/aromatic N) is 1. The Hall–Kier alpha value is -0.0400. The molecule has 1 heteroatoms. The summed E-state index contributed by atoms with van der Waals surface area (Å²) in [4.78, 5) is 2.58. The largest absolute Gasteiger partial charge is 0.303 e. The van der Waals surface area contributed by atoms with Crippen LogP contribution in [0.2, 0.25) is 0 Å². The van der Waals surface area contributed by atoms with Crippen LogP contribution in [0.15, 0.2) is 0 Å². The summed E-state index contributed by atoms with van der Waals surface area (Å²) in [6.45, 7) is 10.5. The first-order valence-corrected chi connectivity index (χ1v) is 5.89. The fraction of sp³-hybridized carbons (Fsp3) is 0.917. The lowest BCUT2D eigenvalue weighted by atomic mass is 10.2. The first-order chi connectivity index (χ1) is 6.35. The van der Waals surface area contributed by atoms with Gasteiger partial charge in [0.2, 0.25) is 0 Å². The maximum absolute atomic E-state index is 2.58. The minimum atomic E-state index is 1.19. The van der Waals surface area contributed by atoms with E-state index in [1.807, 2.05) is 0 Å². The molecule has 79 valence electrons. The van der Waals surface area contributed by atoms with Crippen LogP contribution < -0.4 is 0 Å². The van der Waals surface area contributed by atoms with E-state index in [9.17, 15) is 0 Å². The van der Waals surface area contributed by atoms with Crippen LogP contribution in [0.3, 0.4) is 0 Å². The van der Waals surface area contributed by atoms with E-state index in [1.165, 1.54) is 51.7 Å². The van der Waals surface area contributed by atoms with Crippen molar-refractivity contribution in [3.05, 3.63) is 6.42 Å². The van der Waals surface area contributed by atoms with E-state index in [1.54, 1.807) is 0 Å². The van der Waals surface area contributed by atoms with Crippen LogP contribution in [0.25, 0.3) is 0 Å². The number of unbranched alkanes of at least 4 members (excludes halogenated alkanes) is 3. The average molecular weight is 184 g/mol. The van der Waals surface area contributed by atoms with Gasteiger partial charge < -0.3 is 4.90 Å². The summed E-state index contributed by atoms with van der Waals surface area (Å²) in [5, 5.41) is 0. The number of rotatable bonds is 9. The van der Waals surface area contributed by atoms with Crippen molar-refractivity contribution in [3.8, 4) is 0 Å². The van der Waals surface area contributed by atoms with Gasteiger partial charge in [-0.1, -0.05) is 40.0 Å². The molecule has 0 aliphatic rings. The minimum Gasteiger partial charge on any atom is -0.303 e. The Kier molecular flexibility index (Phi) is 10.0. The van der Waals surface area contributed by atoms with E-state index in [0.717, 1.165) is 0 Å². The third-order valence-corrected chi connectivity index (χ3v) is 2.33.